The predicted molar refractivity (Wildman–Crippen MR) is 69.8 cm³/mol. The number of rotatable bonds is 5. The van der Waals surface area contributed by atoms with E-state index in [-0.39, 0.29) is 12.3 Å². The van der Waals surface area contributed by atoms with Crippen molar-refractivity contribution in [2.75, 3.05) is 19.0 Å². The standard InChI is InChI=1S/C12H14FN5O2/c1-20-5-10(14)12(19)17-8-2-3-11(9(13)4-8)18-7-15-6-16-18/h2-4,6-7,10H,5,14H2,1H3,(H,17,19). The minimum atomic E-state index is -0.807. The summed E-state index contributed by atoms with van der Waals surface area (Å²) in [5, 5.41) is 6.34. The lowest BCUT2D eigenvalue weighted by atomic mass is 10.2. The topological polar surface area (TPSA) is 95.1 Å². The lowest BCUT2D eigenvalue weighted by Crippen LogP contribution is -2.39. The maximum absolute atomic E-state index is 13.9. The van der Waals surface area contributed by atoms with E-state index < -0.39 is 17.8 Å². The van der Waals surface area contributed by atoms with E-state index in [2.05, 4.69) is 15.4 Å². The van der Waals surface area contributed by atoms with Crippen LogP contribution < -0.4 is 11.1 Å². The molecule has 3 N–H and O–H groups in total. The van der Waals surface area contributed by atoms with Crippen LogP contribution in [0.4, 0.5) is 10.1 Å². The van der Waals surface area contributed by atoms with E-state index in [1.165, 1.54) is 36.6 Å². The van der Waals surface area contributed by atoms with Crippen LogP contribution in [0.3, 0.4) is 0 Å². The van der Waals surface area contributed by atoms with Crippen LogP contribution >= 0.6 is 0 Å². The fourth-order valence-corrected chi connectivity index (χ4v) is 1.59. The molecule has 2 rings (SSSR count). The first kappa shape index (κ1) is 14.1. The van der Waals surface area contributed by atoms with Crippen LogP contribution in [0, 0.1) is 5.82 Å². The zero-order valence-corrected chi connectivity index (χ0v) is 10.8. The number of halogens is 1. The van der Waals surface area contributed by atoms with Gasteiger partial charge >= 0.3 is 0 Å². The molecule has 1 aromatic carbocycles. The second-order valence-corrected chi connectivity index (χ2v) is 4.06. The van der Waals surface area contributed by atoms with E-state index in [0.717, 1.165) is 0 Å². The number of ether oxygens (including phenoxy) is 1. The van der Waals surface area contributed by atoms with Gasteiger partial charge in [-0.1, -0.05) is 0 Å². The molecule has 0 aliphatic carbocycles. The number of methoxy groups -OCH3 is 1. The SMILES string of the molecule is COCC(N)C(=O)Nc1ccc(-n2cncn2)c(F)c1. The molecule has 2 aromatic rings. The Kier molecular flexibility index (Phi) is 4.38. The van der Waals surface area contributed by atoms with Crippen molar-refractivity contribution in [2.45, 2.75) is 6.04 Å². The van der Waals surface area contributed by atoms with Gasteiger partial charge in [0.1, 0.15) is 24.4 Å². The van der Waals surface area contributed by atoms with Crippen molar-refractivity contribution < 1.29 is 13.9 Å². The molecule has 0 aliphatic heterocycles. The molecule has 7 nitrogen and oxygen atoms in total. The van der Waals surface area contributed by atoms with Crippen molar-refractivity contribution in [3.8, 4) is 5.69 Å². The average molecular weight is 279 g/mol. The fourth-order valence-electron chi connectivity index (χ4n) is 1.59. The van der Waals surface area contributed by atoms with E-state index in [9.17, 15) is 9.18 Å². The van der Waals surface area contributed by atoms with Crippen molar-refractivity contribution >= 4 is 11.6 Å². The molecule has 0 saturated heterocycles. The Bertz CT molecular complexity index is 588. The van der Waals surface area contributed by atoms with Crippen LogP contribution in [-0.4, -0.2) is 40.4 Å². The largest absolute Gasteiger partial charge is 0.383 e. The van der Waals surface area contributed by atoms with Crippen molar-refractivity contribution in [3.05, 3.63) is 36.7 Å². The highest BCUT2D eigenvalue weighted by Crippen LogP contribution is 2.17. The number of carbonyl (C=O) groups excluding carboxylic acids is 1. The first-order valence-corrected chi connectivity index (χ1v) is 5.81. The summed E-state index contributed by atoms with van der Waals surface area (Å²) in [5.41, 5.74) is 6.11. The third-order valence-corrected chi connectivity index (χ3v) is 2.56. The Morgan fingerprint density at radius 3 is 3.00 bits per heavy atom. The lowest BCUT2D eigenvalue weighted by Gasteiger charge is -2.12. The van der Waals surface area contributed by atoms with Gasteiger partial charge in [0, 0.05) is 12.8 Å². The molecule has 1 aromatic heterocycles. The molecule has 20 heavy (non-hydrogen) atoms. The Morgan fingerprint density at radius 2 is 2.40 bits per heavy atom. The Labute approximate surface area is 114 Å². The summed E-state index contributed by atoms with van der Waals surface area (Å²) in [4.78, 5) is 15.4. The van der Waals surface area contributed by atoms with Gasteiger partial charge in [-0.05, 0) is 18.2 Å². The number of hydrogen-bond donors (Lipinski definition) is 2. The van der Waals surface area contributed by atoms with E-state index >= 15 is 0 Å². The minimum absolute atomic E-state index is 0.0886. The van der Waals surface area contributed by atoms with Crippen molar-refractivity contribution in [3.63, 3.8) is 0 Å². The van der Waals surface area contributed by atoms with Gasteiger partial charge in [0.05, 0.1) is 6.61 Å². The lowest BCUT2D eigenvalue weighted by molar-refractivity contribution is -0.118. The van der Waals surface area contributed by atoms with E-state index in [0.29, 0.717) is 5.69 Å². The van der Waals surface area contributed by atoms with Gasteiger partial charge < -0.3 is 15.8 Å². The molecule has 1 unspecified atom stereocenters. The molecule has 1 atom stereocenters. The summed E-state index contributed by atoms with van der Waals surface area (Å²) in [6, 6.07) is 3.42. The van der Waals surface area contributed by atoms with E-state index in [1.807, 2.05) is 0 Å². The third kappa shape index (κ3) is 3.16. The number of amides is 1. The maximum Gasteiger partial charge on any atom is 0.243 e. The summed E-state index contributed by atoms with van der Waals surface area (Å²) in [6.07, 6.45) is 2.68. The quantitative estimate of drug-likeness (QED) is 0.821. The van der Waals surface area contributed by atoms with Gasteiger partial charge in [0.2, 0.25) is 5.91 Å². The van der Waals surface area contributed by atoms with Crippen LogP contribution in [0.1, 0.15) is 0 Å². The minimum Gasteiger partial charge on any atom is -0.383 e. The Hall–Kier alpha value is -2.32. The second-order valence-electron chi connectivity index (χ2n) is 4.06. The molecule has 0 aliphatic rings. The monoisotopic (exact) mass is 279 g/mol. The fraction of sp³-hybridized carbons (Fsp3) is 0.250. The zero-order valence-electron chi connectivity index (χ0n) is 10.8. The van der Waals surface area contributed by atoms with Gasteiger partial charge in [-0.25, -0.2) is 14.1 Å². The summed E-state index contributed by atoms with van der Waals surface area (Å²) >= 11 is 0. The predicted octanol–water partition coefficient (Wildman–Crippen LogP) is 0.319. The van der Waals surface area contributed by atoms with Crippen LogP contribution in [0.5, 0.6) is 0 Å². The molecule has 1 amide bonds. The van der Waals surface area contributed by atoms with E-state index in [4.69, 9.17) is 10.5 Å². The van der Waals surface area contributed by atoms with Gasteiger partial charge in [0.25, 0.3) is 0 Å². The molecular weight excluding hydrogens is 265 g/mol. The molecule has 0 bridgehead atoms. The molecule has 1 heterocycles. The Morgan fingerprint density at radius 1 is 1.60 bits per heavy atom. The molecule has 0 fully saturated rings. The zero-order chi connectivity index (χ0) is 14.5. The summed E-state index contributed by atoms with van der Waals surface area (Å²) < 4.78 is 20.0. The number of carbonyl (C=O) groups is 1. The highest BCUT2D eigenvalue weighted by Gasteiger charge is 2.14. The highest BCUT2D eigenvalue weighted by atomic mass is 19.1. The summed E-state index contributed by atoms with van der Waals surface area (Å²) in [6.45, 7) is 0.0886. The van der Waals surface area contributed by atoms with Crippen LogP contribution in [0.15, 0.2) is 30.9 Å². The Balaban J connectivity index is 2.12. The van der Waals surface area contributed by atoms with Gasteiger partial charge in [-0.3, -0.25) is 4.79 Å². The number of hydrogen-bond acceptors (Lipinski definition) is 5. The maximum atomic E-state index is 13.9. The van der Waals surface area contributed by atoms with Crippen LogP contribution in [0.25, 0.3) is 5.69 Å². The van der Waals surface area contributed by atoms with Gasteiger partial charge in [0.15, 0.2) is 5.82 Å². The normalized spacial score (nSPS) is 12.2. The number of benzene rings is 1. The van der Waals surface area contributed by atoms with Crippen molar-refractivity contribution in [1.82, 2.24) is 14.8 Å². The molecule has 8 heteroatoms. The third-order valence-electron chi connectivity index (χ3n) is 2.56. The number of anilines is 1. The van der Waals surface area contributed by atoms with Gasteiger partial charge in [-0.15, -0.1) is 0 Å². The average Bonchev–Trinajstić information content (AvgIpc) is 2.93. The molecule has 0 spiro atoms. The highest BCUT2D eigenvalue weighted by molar-refractivity contribution is 5.94. The van der Waals surface area contributed by atoms with E-state index in [1.54, 1.807) is 6.07 Å². The van der Waals surface area contributed by atoms with Crippen LogP contribution in [-0.2, 0) is 9.53 Å². The van der Waals surface area contributed by atoms with Crippen molar-refractivity contribution in [1.29, 1.82) is 0 Å². The molecule has 106 valence electrons. The first-order chi connectivity index (χ1) is 9.61. The molecule has 0 radical (unpaired) electrons. The summed E-state index contributed by atoms with van der Waals surface area (Å²) in [7, 11) is 1.44. The van der Waals surface area contributed by atoms with Crippen molar-refractivity contribution in [2.24, 2.45) is 5.73 Å². The van der Waals surface area contributed by atoms with Gasteiger partial charge in [-0.2, -0.15) is 5.10 Å². The number of nitrogens with one attached hydrogen (secondary N) is 1. The molecular formula is C12H14FN5O2. The summed E-state index contributed by atoms with van der Waals surface area (Å²) in [5.74, 6) is -0.978. The number of aromatic nitrogens is 3. The second kappa shape index (κ2) is 6.22. The number of nitrogens with zero attached hydrogens (tertiary/aromatic N) is 3. The number of nitrogens with two attached hydrogens (primary N) is 1. The smallest absolute Gasteiger partial charge is 0.243 e. The molecule has 0 saturated carbocycles. The van der Waals surface area contributed by atoms with Crippen LogP contribution in [0.2, 0.25) is 0 Å². The first-order valence-electron chi connectivity index (χ1n) is 5.81.